The van der Waals surface area contributed by atoms with Crippen LogP contribution >= 0.6 is 0 Å². The van der Waals surface area contributed by atoms with Gasteiger partial charge in [-0.2, -0.15) is 0 Å². The Morgan fingerprint density at radius 2 is 1.26 bits per heavy atom. The molecule has 23 heavy (non-hydrogen) atoms. The van der Waals surface area contributed by atoms with E-state index < -0.39 is 17.9 Å². The molecule has 2 aromatic rings. The standard InChI is InChI=1S/C19H20O4/c1-2-3-14-17(18(20)22-15-10-6-4-7-11-15)19(21)23-16-12-8-5-9-13-16/h4-13,17H,2-3,14H2,1H3. The lowest BCUT2D eigenvalue weighted by molar-refractivity contribution is -0.151. The number of para-hydroxylation sites is 2. The highest BCUT2D eigenvalue weighted by atomic mass is 16.6. The quantitative estimate of drug-likeness (QED) is 0.440. The topological polar surface area (TPSA) is 52.6 Å². The van der Waals surface area contributed by atoms with E-state index in [-0.39, 0.29) is 0 Å². The fourth-order valence-electron chi connectivity index (χ4n) is 2.09. The highest BCUT2D eigenvalue weighted by Gasteiger charge is 2.30. The van der Waals surface area contributed by atoms with Gasteiger partial charge in [-0.05, 0) is 30.7 Å². The third kappa shape index (κ3) is 5.25. The molecule has 0 aliphatic carbocycles. The molecule has 0 aliphatic rings. The Morgan fingerprint density at radius 1 is 0.826 bits per heavy atom. The SMILES string of the molecule is CCCCC(C(=O)Oc1ccccc1)C(=O)Oc1ccccc1. The maximum Gasteiger partial charge on any atom is 0.325 e. The third-order valence-corrected chi connectivity index (χ3v) is 3.34. The Morgan fingerprint density at radius 3 is 1.65 bits per heavy atom. The van der Waals surface area contributed by atoms with E-state index in [0.717, 1.165) is 12.8 Å². The number of esters is 2. The maximum atomic E-state index is 12.3. The number of carbonyl (C=O) groups is 2. The second kappa shape index (κ2) is 8.73. The molecule has 0 amide bonds. The summed E-state index contributed by atoms with van der Waals surface area (Å²) in [5.74, 6) is -1.23. The van der Waals surface area contributed by atoms with Crippen molar-refractivity contribution < 1.29 is 19.1 Å². The van der Waals surface area contributed by atoms with Crippen molar-refractivity contribution in [1.82, 2.24) is 0 Å². The van der Waals surface area contributed by atoms with Gasteiger partial charge in [-0.3, -0.25) is 9.59 Å². The van der Waals surface area contributed by atoms with Crippen LogP contribution in [0.1, 0.15) is 26.2 Å². The number of benzene rings is 2. The maximum absolute atomic E-state index is 12.3. The summed E-state index contributed by atoms with van der Waals surface area (Å²) in [5.41, 5.74) is 0. The van der Waals surface area contributed by atoms with Gasteiger partial charge < -0.3 is 9.47 Å². The summed E-state index contributed by atoms with van der Waals surface area (Å²) in [6.07, 6.45) is 2.04. The summed E-state index contributed by atoms with van der Waals surface area (Å²) < 4.78 is 10.6. The summed E-state index contributed by atoms with van der Waals surface area (Å²) in [4.78, 5) is 24.7. The minimum absolute atomic E-state index is 0.411. The van der Waals surface area contributed by atoms with E-state index in [1.165, 1.54) is 0 Å². The molecule has 0 unspecified atom stereocenters. The van der Waals surface area contributed by atoms with Crippen LogP contribution in [0, 0.1) is 5.92 Å². The molecule has 0 radical (unpaired) electrons. The van der Waals surface area contributed by atoms with Crippen molar-refractivity contribution in [2.24, 2.45) is 5.92 Å². The van der Waals surface area contributed by atoms with Crippen molar-refractivity contribution >= 4 is 11.9 Å². The summed E-state index contributed by atoms with van der Waals surface area (Å²) >= 11 is 0. The van der Waals surface area contributed by atoms with E-state index in [9.17, 15) is 9.59 Å². The summed E-state index contributed by atoms with van der Waals surface area (Å²) in [5, 5.41) is 0. The molecule has 0 heterocycles. The molecule has 0 aliphatic heterocycles. The Balaban J connectivity index is 2.05. The van der Waals surface area contributed by atoms with E-state index in [0.29, 0.717) is 17.9 Å². The minimum Gasteiger partial charge on any atom is -0.426 e. The van der Waals surface area contributed by atoms with Crippen LogP contribution in [0.3, 0.4) is 0 Å². The van der Waals surface area contributed by atoms with E-state index in [1.807, 2.05) is 19.1 Å². The summed E-state index contributed by atoms with van der Waals surface area (Å²) in [6, 6.07) is 17.4. The fraction of sp³-hybridized carbons (Fsp3) is 0.263. The number of hydrogen-bond acceptors (Lipinski definition) is 4. The predicted molar refractivity (Wildman–Crippen MR) is 87.2 cm³/mol. The van der Waals surface area contributed by atoms with Gasteiger partial charge in [-0.25, -0.2) is 0 Å². The van der Waals surface area contributed by atoms with Crippen molar-refractivity contribution in [3.05, 3.63) is 60.7 Å². The van der Waals surface area contributed by atoms with E-state index in [1.54, 1.807) is 48.5 Å². The van der Waals surface area contributed by atoms with Crippen molar-refractivity contribution in [3.63, 3.8) is 0 Å². The molecule has 4 heteroatoms. The lowest BCUT2D eigenvalue weighted by Gasteiger charge is -2.14. The zero-order valence-electron chi connectivity index (χ0n) is 13.1. The number of ether oxygens (including phenoxy) is 2. The molecule has 0 fully saturated rings. The first-order valence-electron chi connectivity index (χ1n) is 7.74. The minimum atomic E-state index is -0.921. The van der Waals surface area contributed by atoms with Gasteiger partial charge in [0.15, 0.2) is 5.92 Å². The molecule has 0 bridgehead atoms. The molecule has 2 rings (SSSR count). The molecule has 2 aromatic carbocycles. The molecule has 120 valence electrons. The van der Waals surface area contributed by atoms with Crippen LogP contribution in [-0.4, -0.2) is 11.9 Å². The Bertz CT molecular complexity index is 569. The van der Waals surface area contributed by atoms with Crippen molar-refractivity contribution in [1.29, 1.82) is 0 Å². The van der Waals surface area contributed by atoms with Gasteiger partial charge in [0, 0.05) is 0 Å². The molecule has 0 spiro atoms. The van der Waals surface area contributed by atoms with Gasteiger partial charge in [0.25, 0.3) is 0 Å². The summed E-state index contributed by atoms with van der Waals surface area (Å²) in [6.45, 7) is 2.00. The molecule has 0 saturated carbocycles. The van der Waals surface area contributed by atoms with Crippen LogP contribution in [0.25, 0.3) is 0 Å². The van der Waals surface area contributed by atoms with Crippen LogP contribution in [-0.2, 0) is 9.59 Å². The van der Waals surface area contributed by atoms with Crippen molar-refractivity contribution in [2.75, 3.05) is 0 Å². The zero-order chi connectivity index (χ0) is 16.5. The number of rotatable bonds is 7. The molecular weight excluding hydrogens is 292 g/mol. The molecule has 0 N–H and O–H groups in total. The molecule has 0 saturated heterocycles. The predicted octanol–water partition coefficient (Wildman–Crippen LogP) is 4.00. The number of hydrogen-bond donors (Lipinski definition) is 0. The van der Waals surface area contributed by atoms with E-state index in [4.69, 9.17) is 9.47 Å². The van der Waals surface area contributed by atoms with Crippen LogP contribution in [0.5, 0.6) is 11.5 Å². The average molecular weight is 312 g/mol. The lowest BCUT2D eigenvalue weighted by atomic mass is 10.0. The first-order chi connectivity index (χ1) is 11.2. The molecular formula is C19H20O4. The van der Waals surface area contributed by atoms with E-state index >= 15 is 0 Å². The second-order valence-corrected chi connectivity index (χ2v) is 5.16. The monoisotopic (exact) mass is 312 g/mol. The van der Waals surface area contributed by atoms with Crippen LogP contribution in [0.2, 0.25) is 0 Å². The first kappa shape index (κ1) is 16.7. The smallest absolute Gasteiger partial charge is 0.325 e. The van der Waals surface area contributed by atoms with E-state index in [2.05, 4.69) is 0 Å². The van der Waals surface area contributed by atoms with Gasteiger partial charge in [0.1, 0.15) is 11.5 Å². The average Bonchev–Trinajstić information content (AvgIpc) is 2.57. The van der Waals surface area contributed by atoms with Gasteiger partial charge in [0.2, 0.25) is 0 Å². The second-order valence-electron chi connectivity index (χ2n) is 5.16. The number of carbonyl (C=O) groups excluding carboxylic acids is 2. The van der Waals surface area contributed by atoms with Crippen LogP contribution in [0.4, 0.5) is 0 Å². The van der Waals surface area contributed by atoms with Gasteiger partial charge in [-0.1, -0.05) is 56.2 Å². The highest BCUT2D eigenvalue weighted by molar-refractivity contribution is 5.96. The van der Waals surface area contributed by atoms with Gasteiger partial charge in [-0.15, -0.1) is 0 Å². The van der Waals surface area contributed by atoms with Crippen LogP contribution in [0.15, 0.2) is 60.7 Å². The summed E-state index contributed by atoms with van der Waals surface area (Å²) in [7, 11) is 0. The third-order valence-electron chi connectivity index (χ3n) is 3.34. The normalized spacial score (nSPS) is 10.3. The Labute approximate surface area is 136 Å². The molecule has 0 atom stereocenters. The Kier molecular flexibility index (Phi) is 6.36. The lowest BCUT2D eigenvalue weighted by Crippen LogP contribution is -2.31. The Hall–Kier alpha value is -2.62. The van der Waals surface area contributed by atoms with Crippen molar-refractivity contribution in [3.8, 4) is 11.5 Å². The van der Waals surface area contributed by atoms with Gasteiger partial charge >= 0.3 is 11.9 Å². The zero-order valence-corrected chi connectivity index (χ0v) is 13.1. The van der Waals surface area contributed by atoms with Crippen LogP contribution < -0.4 is 9.47 Å². The van der Waals surface area contributed by atoms with Gasteiger partial charge in [0.05, 0.1) is 0 Å². The van der Waals surface area contributed by atoms with Crippen molar-refractivity contribution in [2.45, 2.75) is 26.2 Å². The molecule has 0 aromatic heterocycles. The fourth-order valence-corrected chi connectivity index (χ4v) is 2.09. The molecule has 4 nitrogen and oxygen atoms in total. The highest BCUT2D eigenvalue weighted by Crippen LogP contribution is 2.18. The largest absolute Gasteiger partial charge is 0.426 e. The first-order valence-corrected chi connectivity index (χ1v) is 7.74. The number of unbranched alkanes of at least 4 members (excludes halogenated alkanes) is 1.